The molecule has 0 amide bonds. The molecule has 1 aromatic carbocycles. The van der Waals surface area contributed by atoms with Crippen LogP contribution in [0.3, 0.4) is 0 Å². The maximum Gasteiger partial charge on any atom is 0.243 e. The molecule has 1 unspecified atom stereocenters. The van der Waals surface area contributed by atoms with Crippen LogP contribution in [0.2, 0.25) is 0 Å². The Labute approximate surface area is 124 Å². The topological polar surface area (TPSA) is 72.6 Å². The van der Waals surface area contributed by atoms with Gasteiger partial charge in [0.1, 0.15) is 0 Å². The zero-order valence-electron chi connectivity index (χ0n) is 12.3. The van der Waals surface area contributed by atoms with Crippen LogP contribution in [0, 0.1) is 11.7 Å². The number of anilines is 1. The third-order valence-electron chi connectivity index (χ3n) is 3.83. The monoisotopic (exact) mass is 316 g/mol. The van der Waals surface area contributed by atoms with Crippen molar-refractivity contribution in [3.05, 3.63) is 17.9 Å². The lowest BCUT2D eigenvalue weighted by molar-refractivity contribution is 0.387. The van der Waals surface area contributed by atoms with Gasteiger partial charge >= 0.3 is 0 Å². The van der Waals surface area contributed by atoms with Crippen molar-refractivity contribution in [3.8, 4) is 5.75 Å². The summed E-state index contributed by atoms with van der Waals surface area (Å²) in [6.07, 6.45) is 2.88. The number of nitrogens with two attached hydrogens (primary N) is 1. The number of nitrogens with zero attached hydrogens (tertiary/aromatic N) is 1. The summed E-state index contributed by atoms with van der Waals surface area (Å²) >= 11 is 0. The number of sulfonamides is 1. The molecule has 0 aromatic heterocycles. The molecule has 1 aliphatic heterocycles. The predicted molar refractivity (Wildman–Crippen MR) is 79.1 cm³/mol. The van der Waals surface area contributed by atoms with Crippen molar-refractivity contribution in [1.29, 1.82) is 0 Å². The number of hydrogen-bond acceptors (Lipinski definition) is 4. The molecule has 1 saturated heterocycles. The third kappa shape index (κ3) is 3.13. The Morgan fingerprint density at radius 1 is 1.48 bits per heavy atom. The molecule has 0 saturated carbocycles. The second-order valence-electron chi connectivity index (χ2n) is 5.33. The third-order valence-corrected chi connectivity index (χ3v) is 5.68. The quantitative estimate of drug-likeness (QED) is 0.846. The Morgan fingerprint density at radius 3 is 2.76 bits per heavy atom. The van der Waals surface area contributed by atoms with Crippen LogP contribution in [-0.2, 0) is 10.0 Å². The first-order chi connectivity index (χ1) is 9.90. The number of benzene rings is 1. The van der Waals surface area contributed by atoms with Gasteiger partial charge < -0.3 is 10.5 Å². The van der Waals surface area contributed by atoms with E-state index in [-0.39, 0.29) is 16.3 Å². The number of ether oxygens (including phenoxy) is 1. The van der Waals surface area contributed by atoms with E-state index in [0.29, 0.717) is 19.0 Å². The van der Waals surface area contributed by atoms with Crippen LogP contribution in [0.25, 0.3) is 0 Å². The molecule has 2 N–H and O–H groups in total. The van der Waals surface area contributed by atoms with E-state index in [0.717, 1.165) is 25.3 Å². The summed E-state index contributed by atoms with van der Waals surface area (Å²) in [5.74, 6) is -0.509. The number of nitrogen functional groups attached to an aromatic ring is 1. The zero-order chi connectivity index (χ0) is 15.6. The van der Waals surface area contributed by atoms with Crippen LogP contribution in [0.15, 0.2) is 17.0 Å². The highest BCUT2D eigenvalue weighted by Crippen LogP contribution is 2.32. The van der Waals surface area contributed by atoms with Gasteiger partial charge in [0.25, 0.3) is 0 Å². The fourth-order valence-electron chi connectivity index (χ4n) is 2.76. The van der Waals surface area contributed by atoms with Gasteiger partial charge in [-0.1, -0.05) is 13.3 Å². The maximum absolute atomic E-state index is 13.8. The summed E-state index contributed by atoms with van der Waals surface area (Å²) in [6, 6.07) is 2.22. The number of rotatable bonds is 5. The number of methoxy groups -OCH3 is 1. The molecule has 118 valence electrons. The summed E-state index contributed by atoms with van der Waals surface area (Å²) in [4.78, 5) is -0.115. The average Bonchev–Trinajstić information content (AvgIpc) is 2.88. The molecule has 21 heavy (non-hydrogen) atoms. The van der Waals surface area contributed by atoms with E-state index in [1.54, 1.807) is 0 Å². The van der Waals surface area contributed by atoms with Crippen LogP contribution in [0.1, 0.15) is 26.2 Å². The second kappa shape index (κ2) is 6.19. The number of hydrogen-bond donors (Lipinski definition) is 1. The van der Waals surface area contributed by atoms with Gasteiger partial charge in [0, 0.05) is 13.1 Å². The average molecular weight is 316 g/mol. The Hall–Kier alpha value is -1.34. The maximum atomic E-state index is 13.8. The molecule has 1 aliphatic rings. The summed E-state index contributed by atoms with van der Waals surface area (Å²) in [7, 11) is -2.41. The molecular weight excluding hydrogens is 295 g/mol. The molecule has 0 aliphatic carbocycles. The molecular formula is C14H21FN2O3S. The van der Waals surface area contributed by atoms with Gasteiger partial charge in [-0.15, -0.1) is 0 Å². The first-order valence-corrected chi connectivity index (χ1v) is 8.47. The first kappa shape index (κ1) is 16.0. The minimum absolute atomic E-state index is 0.0135. The first-order valence-electron chi connectivity index (χ1n) is 7.03. The highest BCUT2D eigenvalue weighted by atomic mass is 32.2. The van der Waals surface area contributed by atoms with Gasteiger partial charge in [-0.25, -0.2) is 12.8 Å². The van der Waals surface area contributed by atoms with Gasteiger partial charge in [0.15, 0.2) is 11.6 Å². The van der Waals surface area contributed by atoms with E-state index in [2.05, 4.69) is 6.92 Å². The molecule has 0 bridgehead atoms. The van der Waals surface area contributed by atoms with Gasteiger partial charge in [0.05, 0.1) is 17.7 Å². The van der Waals surface area contributed by atoms with Crippen molar-refractivity contribution in [3.63, 3.8) is 0 Å². The van der Waals surface area contributed by atoms with Gasteiger partial charge in [0.2, 0.25) is 10.0 Å². The molecule has 7 heteroatoms. The molecule has 1 aromatic rings. The fraction of sp³-hybridized carbons (Fsp3) is 0.571. The van der Waals surface area contributed by atoms with Gasteiger partial charge in [-0.2, -0.15) is 4.31 Å². The smallest absolute Gasteiger partial charge is 0.243 e. The standard InChI is InChI=1S/C14H21FN2O3S/c1-3-4-10-5-6-17(9-10)21(18,19)11-7-12(15)14(20-2)13(16)8-11/h7-8,10H,3-6,9,16H2,1-2H3. The lowest BCUT2D eigenvalue weighted by Gasteiger charge is -2.17. The SMILES string of the molecule is CCCC1CCN(S(=O)(=O)c2cc(N)c(OC)c(F)c2)C1. The minimum atomic E-state index is -3.70. The van der Waals surface area contributed by atoms with E-state index in [9.17, 15) is 12.8 Å². The van der Waals surface area contributed by atoms with E-state index >= 15 is 0 Å². The summed E-state index contributed by atoms with van der Waals surface area (Å²) in [5, 5.41) is 0. The second-order valence-corrected chi connectivity index (χ2v) is 7.27. The molecule has 1 fully saturated rings. The van der Waals surface area contributed by atoms with E-state index in [1.807, 2.05) is 0 Å². The molecule has 1 heterocycles. The van der Waals surface area contributed by atoms with Crippen molar-refractivity contribution < 1.29 is 17.5 Å². The lowest BCUT2D eigenvalue weighted by Crippen LogP contribution is -2.29. The van der Waals surface area contributed by atoms with E-state index in [1.165, 1.54) is 17.5 Å². The molecule has 0 spiro atoms. The van der Waals surface area contributed by atoms with Gasteiger partial charge in [-0.05, 0) is 30.9 Å². The number of halogens is 1. The lowest BCUT2D eigenvalue weighted by atomic mass is 10.0. The molecule has 0 radical (unpaired) electrons. The zero-order valence-corrected chi connectivity index (χ0v) is 13.1. The summed E-state index contributed by atoms with van der Waals surface area (Å²) in [5.41, 5.74) is 5.64. The van der Waals surface area contributed by atoms with Crippen LogP contribution in [-0.4, -0.2) is 32.9 Å². The Balaban J connectivity index is 2.29. The Morgan fingerprint density at radius 2 is 2.19 bits per heavy atom. The molecule has 5 nitrogen and oxygen atoms in total. The normalized spacial score (nSPS) is 19.9. The van der Waals surface area contributed by atoms with Crippen LogP contribution in [0.4, 0.5) is 10.1 Å². The Kier molecular flexibility index (Phi) is 4.73. The van der Waals surface area contributed by atoms with Crippen molar-refractivity contribution >= 4 is 15.7 Å². The van der Waals surface area contributed by atoms with Crippen LogP contribution >= 0.6 is 0 Å². The fourth-order valence-corrected chi connectivity index (χ4v) is 4.34. The van der Waals surface area contributed by atoms with Gasteiger partial charge in [-0.3, -0.25) is 0 Å². The van der Waals surface area contributed by atoms with E-state index in [4.69, 9.17) is 10.5 Å². The van der Waals surface area contributed by atoms with Crippen molar-refractivity contribution in [1.82, 2.24) is 4.31 Å². The van der Waals surface area contributed by atoms with Crippen LogP contribution in [0.5, 0.6) is 5.75 Å². The summed E-state index contributed by atoms with van der Waals surface area (Å²) < 4.78 is 45.2. The highest BCUT2D eigenvalue weighted by Gasteiger charge is 2.33. The summed E-state index contributed by atoms with van der Waals surface area (Å²) in [6.45, 7) is 3.04. The largest absolute Gasteiger partial charge is 0.492 e. The predicted octanol–water partition coefficient (Wildman–Crippen LogP) is 2.23. The van der Waals surface area contributed by atoms with Crippen molar-refractivity contribution in [2.45, 2.75) is 31.1 Å². The van der Waals surface area contributed by atoms with Crippen LogP contribution < -0.4 is 10.5 Å². The molecule has 1 atom stereocenters. The van der Waals surface area contributed by atoms with Crippen molar-refractivity contribution in [2.75, 3.05) is 25.9 Å². The highest BCUT2D eigenvalue weighted by molar-refractivity contribution is 7.89. The van der Waals surface area contributed by atoms with E-state index < -0.39 is 15.8 Å². The van der Waals surface area contributed by atoms with Crippen molar-refractivity contribution in [2.24, 2.45) is 5.92 Å². The minimum Gasteiger partial charge on any atom is -0.492 e. The Bertz CT molecular complexity index is 596. The molecule has 2 rings (SSSR count).